The molecule has 0 radical (unpaired) electrons. The van der Waals surface area contributed by atoms with Crippen molar-refractivity contribution in [2.75, 3.05) is 31.3 Å². The molecule has 2 aliphatic heterocycles. The zero-order valence-electron chi connectivity index (χ0n) is 17.1. The van der Waals surface area contributed by atoms with E-state index in [1.54, 1.807) is 0 Å². The number of rotatable bonds is 8. The van der Waals surface area contributed by atoms with Gasteiger partial charge in [-0.3, -0.25) is 0 Å². The maximum absolute atomic E-state index is 11.7. The van der Waals surface area contributed by atoms with Crippen molar-refractivity contribution < 1.29 is 23.0 Å². The lowest BCUT2D eigenvalue weighted by Gasteiger charge is -2.43. The highest BCUT2D eigenvalue weighted by Crippen LogP contribution is 2.39. The van der Waals surface area contributed by atoms with Gasteiger partial charge in [-0.05, 0) is 56.3 Å². The average molecular weight is 391 g/mol. The van der Waals surface area contributed by atoms with E-state index >= 15 is 0 Å². The molecule has 6 heteroatoms. The highest BCUT2D eigenvalue weighted by molar-refractivity contribution is 7.91. The van der Waals surface area contributed by atoms with Crippen LogP contribution in [0.2, 0.25) is 0 Å². The quantitative estimate of drug-likeness (QED) is 0.688. The van der Waals surface area contributed by atoms with E-state index in [1.807, 2.05) is 0 Å². The smallest absolute Gasteiger partial charge is 0.150 e. The first-order valence-corrected chi connectivity index (χ1v) is 11.9. The molecule has 0 aromatic carbocycles. The first kappa shape index (κ1) is 22.1. The van der Waals surface area contributed by atoms with Gasteiger partial charge in [-0.15, -0.1) is 0 Å². The van der Waals surface area contributed by atoms with Crippen LogP contribution >= 0.6 is 0 Å². The Hall–Kier alpha value is -0.170. The Morgan fingerprint density at radius 3 is 2.23 bits per heavy atom. The van der Waals surface area contributed by atoms with Crippen LogP contribution in [0.25, 0.3) is 0 Å². The lowest BCUT2D eigenvalue weighted by molar-refractivity contribution is -0.144. The molecule has 154 valence electrons. The van der Waals surface area contributed by atoms with E-state index < -0.39 is 15.4 Å². The first-order valence-electron chi connectivity index (χ1n) is 10.1. The van der Waals surface area contributed by atoms with Gasteiger partial charge >= 0.3 is 0 Å². The number of hydrogen-bond acceptors (Lipinski definition) is 5. The van der Waals surface area contributed by atoms with Crippen LogP contribution in [0.15, 0.2) is 0 Å². The van der Waals surface area contributed by atoms with Crippen LogP contribution in [-0.4, -0.2) is 56.1 Å². The van der Waals surface area contributed by atoms with Crippen LogP contribution in [0.1, 0.15) is 72.6 Å². The standard InChI is InChI=1S/C20H38O5S/c1-17(2)5-6-20(7-11-24-12-8-20)25-16-18(3,4)15-19(21)9-13-26(22,23)14-10-19/h17,21H,5-16H2,1-4H3. The summed E-state index contributed by atoms with van der Waals surface area (Å²) in [6.45, 7) is 10.8. The monoisotopic (exact) mass is 390 g/mol. The first-order chi connectivity index (χ1) is 12.0. The predicted molar refractivity (Wildman–Crippen MR) is 104 cm³/mol. The summed E-state index contributed by atoms with van der Waals surface area (Å²) < 4.78 is 35.4. The van der Waals surface area contributed by atoms with Crippen LogP contribution in [0, 0.1) is 11.3 Å². The molecular weight excluding hydrogens is 352 g/mol. The van der Waals surface area contributed by atoms with Crippen molar-refractivity contribution in [2.45, 2.75) is 83.8 Å². The van der Waals surface area contributed by atoms with Gasteiger partial charge in [0.15, 0.2) is 9.84 Å². The predicted octanol–water partition coefficient (Wildman–Crippen LogP) is 3.34. The number of aliphatic hydroxyl groups is 1. The largest absolute Gasteiger partial charge is 0.390 e. The third-order valence-corrected chi connectivity index (χ3v) is 7.57. The molecule has 2 aliphatic rings. The highest BCUT2D eigenvalue weighted by Gasteiger charge is 2.41. The molecule has 0 atom stereocenters. The van der Waals surface area contributed by atoms with Gasteiger partial charge in [-0.2, -0.15) is 0 Å². The second-order valence-electron chi connectivity index (χ2n) is 9.73. The molecule has 2 rings (SSSR count). The third-order valence-electron chi connectivity index (χ3n) is 5.91. The second-order valence-corrected chi connectivity index (χ2v) is 12.0. The fourth-order valence-electron chi connectivity index (χ4n) is 4.15. The lowest BCUT2D eigenvalue weighted by Crippen LogP contribution is -2.46. The summed E-state index contributed by atoms with van der Waals surface area (Å²) in [6.07, 6.45) is 5.30. The maximum Gasteiger partial charge on any atom is 0.150 e. The molecule has 0 unspecified atom stereocenters. The molecule has 0 aromatic heterocycles. The Labute approximate surface area is 159 Å². The molecule has 0 aliphatic carbocycles. The summed E-state index contributed by atoms with van der Waals surface area (Å²) >= 11 is 0. The molecule has 2 fully saturated rings. The van der Waals surface area contributed by atoms with E-state index in [0.717, 1.165) is 38.9 Å². The summed E-state index contributed by atoms with van der Waals surface area (Å²) in [5.74, 6) is 0.836. The molecule has 1 N–H and O–H groups in total. The summed E-state index contributed by atoms with van der Waals surface area (Å²) in [7, 11) is -2.97. The van der Waals surface area contributed by atoms with Crippen LogP contribution in [0.5, 0.6) is 0 Å². The van der Waals surface area contributed by atoms with Gasteiger partial charge in [-0.1, -0.05) is 27.7 Å². The Morgan fingerprint density at radius 2 is 1.69 bits per heavy atom. The Balaban J connectivity index is 1.93. The van der Waals surface area contributed by atoms with Crippen LogP contribution < -0.4 is 0 Å². The van der Waals surface area contributed by atoms with E-state index in [2.05, 4.69) is 27.7 Å². The van der Waals surface area contributed by atoms with Crippen molar-refractivity contribution >= 4 is 9.84 Å². The Bertz CT molecular complexity index is 533. The molecule has 26 heavy (non-hydrogen) atoms. The molecule has 2 heterocycles. The zero-order valence-corrected chi connectivity index (χ0v) is 17.9. The van der Waals surface area contributed by atoms with Gasteiger partial charge in [0.05, 0.1) is 29.3 Å². The second kappa shape index (κ2) is 8.46. The molecule has 0 aromatic rings. The normalized spacial score (nSPS) is 25.3. The van der Waals surface area contributed by atoms with Gasteiger partial charge in [-0.25, -0.2) is 8.42 Å². The molecular formula is C20H38O5S. The molecule has 5 nitrogen and oxygen atoms in total. The summed E-state index contributed by atoms with van der Waals surface area (Å²) in [5, 5.41) is 10.9. The number of sulfone groups is 1. The Morgan fingerprint density at radius 1 is 1.12 bits per heavy atom. The minimum Gasteiger partial charge on any atom is -0.390 e. The van der Waals surface area contributed by atoms with E-state index in [9.17, 15) is 13.5 Å². The summed E-state index contributed by atoms with van der Waals surface area (Å²) in [6, 6.07) is 0. The van der Waals surface area contributed by atoms with Crippen LogP contribution in [0.4, 0.5) is 0 Å². The van der Waals surface area contributed by atoms with Crippen molar-refractivity contribution in [2.24, 2.45) is 11.3 Å². The summed E-state index contributed by atoms with van der Waals surface area (Å²) in [5.41, 5.74) is -1.20. The Kier molecular flexibility index (Phi) is 7.20. The van der Waals surface area contributed by atoms with Gasteiger partial charge < -0.3 is 14.6 Å². The summed E-state index contributed by atoms with van der Waals surface area (Å²) in [4.78, 5) is 0. The third kappa shape index (κ3) is 6.77. The highest BCUT2D eigenvalue weighted by atomic mass is 32.2. The van der Waals surface area contributed by atoms with Gasteiger partial charge in [0, 0.05) is 13.2 Å². The van der Waals surface area contributed by atoms with E-state index in [4.69, 9.17) is 9.47 Å². The molecule has 0 amide bonds. The minimum absolute atomic E-state index is 0.0934. The van der Waals surface area contributed by atoms with Gasteiger partial charge in [0.2, 0.25) is 0 Å². The average Bonchev–Trinajstić information content (AvgIpc) is 2.55. The van der Waals surface area contributed by atoms with E-state index in [0.29, 0.717) is 31.8 Å². The molecule has 0 saturated carbocycles. The van der Waals surface area contributed by atoms with Crippen molar-refractivity contribution in [3.63, 3.8) is 0 Å². The topological polar surface area (TPSA) is 72.8 Å². The van der Waals surface area contributed by atoms with Crippen molar-refractivity contribution in [1.29, 1.82) is 0 Å². The van der Waals surface area contributed by atoms with E-state index in [-0.39, 0.29) is 22.5 Å². The lowest BCUT2D eigenvalue weighted by atomic mass is 9.77. The SMILES string of the molecule is CC(C)CCC1(OCC(C)(C)CC2(O)CCS(=O)(=O)CC2)CCOCC1. The van der Waals surface area contributed by atoms with Crippen molar-refractivity contribution in [3.8, 4) is 0 Å². The molecule has 0 spiro atoms. The van der Waals surface area contributed by atoms with Crippen molar-refractivity contribution in [1.82, 2.24) is 0 Å². The molecule has 2 saturated heterocycles. The zero-order chi connectivity index (χ0) is 19.5. The van der Waals surface area contributed by atoms with Crippen molar-refractivity contribution in [3.05, 3.63) is 0 Å². The van der Waals surface area contributed by atoms with Gasteiger partial charge in [0.1, 0.15) is 0 Å². The van der Waals surface area contributed by atoms with Gasteiger partial charge in [0.25, 0.3) is 0 Å². The van der Waals surface area contributed by atoms with Crippen LogP contribution in [-0.2, 0) is 19.3 Å². The molecule has 0 bridgehead atoms. The number of hydrogen-bond donors (Lipinski definition) is 1. The fraction of sp³-hybridized carbons (Fsp3) is 1.00. The minimum atomic E-state index is -2.97. The maximum atomic E-state index is 11.7. The van der Waals surface area contributed by atoms with Crippen LogP contribution in [0.3, 0.4) is 0 Å². The fourth-order valence-corrected chi connectivity index (χ4v) is 5.73. The van der Waals surface area contributed by atoms with E-state index in [1.165, 1.54) is 0 Å². The number of ether oxygens (including phenoxy) is 2.